The Balaban J connectivity index is 2.10. The van der Waals surface area contributed by atoms with Crippen molar-refractivity contribution in [3.05, 3.63) is 29.8 Å². The molecule has 0 saturated carbocycles. The van der Waals surface area contributed by atoms with Crippen molar-refractivity contribution >= 4 is 11.8 Å². The molecule has 1 N–H and O–H groups in total. The van der Waals surface area contributed by atoms with Gasteiger partial charge in [-0.15, -0.1) is 0 Å². The number of nitrogens with one attached hydrogen (secondary N) is 1. The molecule has 5 nitrogen and oxygen atoms in total. The maximum atomic E-state index is 12.1. The van der Waals surface area contributed by atoms with Gasteiger partial charge in [-0.05, 0) is 30.7 Å². The maximum absolute atomic E-state index is 12.1. The molecule has 0 spiro atoms. The second kappa shape index (κ2) is 6.72. The number of nitrogens with zero attached hydrogens (tertiary/aromatic N) is 1. The van der Waals surface area contributed by atoms with E-state index in [0.29, 0.717) is 19.4 Å². The van der Waals surface area contributed by atoms with Crippen molar-refractivity contribution in [3.63, 3.8) is 0 Å². The Morgan fingerprint density at radius 1 is 1.24 bits per heavy atom. The highest BCUT2D eigenvalue weighted by Crippen LogP contribution is 2.23. The summed E-state index contributed by atoms with van der Waals surface area (Å²) < 4.78 is 5.14. The summed E-state index contributed by atoms with van der Waals surface area (Å²) in [7, 11) is 3.45. The number of methoxy groups -OCH3 is 1. The number of ether oxygens (including phenoxy) is 1. The van der Waals surface area contributed by atoms with Gasteiger partial charge in [-0.2, -0.15) is 0 Å². The molecule has 0 radical (unpaired) electrons. The Hall–Kier alpha value is -1.88. The van der Waals surface area contributed by atoms with E-state index in [1.54, 1.807) is 7.11 Å². The molecule has 1 aliphatic rings. The van der Waals surface area contributed by atoms with Crippen molar-refractivity contribution < 1.29 is 14.3 Å². The van der Waals surface area contributed by atoms with E-state index in [9.17, 15) is 9.59 Å². The molecule has 1 heterocycles. The predicted molar refractivity (Wildman–Crippen MR) is 79.9 cm³/mol. The van der Waals surface area contributed by atoms with Crippen molar-refractivity contribution in [1.82, 2.24) is 10.2 Å². The van der Waals surface area contributed by atoms with Gasteiger partial charge in [0.05, 0.1) is 13.2 Å². The summed E-state index contributed by atoms with van der Waals surface area (Å²) in [5.41, 5.74) is 1.03. The van der Waals surface area contributed by atoms with E-state index in [2.05, 4.69) is 5.32 Å². The van der Waals surface area contributed by atoms with Crippen molar-refractivity contribution in [1.29, 1.82) is 0 Å². The molecule has 1 aliphatic heterocycles. The Morgan fingerprint density at radius 3 is 2.29 bits per heavy atom. The lowest BCUT2D eigenvalue weighted by Gasteiger charge is -2.31. The van der Waals surface area contributed by atoms with Gasteiger partial charge in [-0.25, -0.2) is 0 Å². The van der Waals surface area contributed by atoms with Crippen LogP contribution in [0.25, 0.3) is 0 Å². The summed E-state index contributed by atoms with van der Waals surface area (Å²) >= 11 is 0. The Labute approximate surface area is 125 Å². The normalized spacial score (nSPS) is 18.0. The van der Waals surface area contributed by atoms with Crippen LogP contribution in [-0.2, 0) is 9.59 Å². The van der Waals surface area contributed by atoms with Gasteiger partial charge in [0, 0.05) is 19.4 Å². The van der Waals surface area contributed by atoms with E-state index in [0.717, 1.165) is 11.3 Å². The number of benzene rings is 1. The molecule has 21 heavy (non-hydrogen) atoms. The number of piperidine rings is 1. The summed E-state index contributed by atoms with van der Waals surface area (Å²) in [6, 6.07) is 7.57. The average Bonchev–Trinajstić information content (AvgIpc) is 2.47. The predicted octanol–water partition coefficient (Wildman–Crippen LogP) is 1.74. The third-order valence-corrected chi connectivity index (χ3v) is 3.88. The molecule has 0 bridgehead atoms. The Kier molecular flexibility index (Phi) is 4.96. The first kappa shape index (κ1) is 15.5. The maximum Gasteiger partial charge on any atom is 0.229 e. The fourth-order valence-corrected chi connectivity index (χ4v) is 2.61. The second-order valence-corrected chi connectivity index (χ2v) is 5.53. The molecule has 1 unspecified atom stereocenters. The van der Waals surface area contributed by atoms with E-state index >= 15 is 0 Å². The van der Waals surface area contributed by atoms with Crippen LogP contribution >= 0.6 is 0 Å². The van der Waals surface area contributed by atoms with Gasteiger partial charge < -0.3 is 10.1 Å². The first-order valence-corrected chi connectivity index (χ1v) is 7.19. The lowest BCUT2D eigenvalue weighted by molar-refractivity contribution is -0.150. The van der Waals surface area contributed by atoms with Crippen molar-refractivity contribution in [3.8, 4) is 5.75 Å². The number of imide groups is 1. The molecule has 0 aliphatic carbocycles. The quantitative estimate of drug-likeness (QED) is 0.839. The van der Waals surface area contributed by atoms with E-state index in [1.165, 1.54) is 4.90 Å². The zero-order valence-corrected chi connectivity index (χ0v) is 12.8. The number of carbonyl (C=O) groups is 2. The zero-order chi connectivity index (χ0) is 15.4. The van der Waals surface area contributed by atoms with Gasteiger partial charge >= 0.3 is 0 Å². The highest BCUT2D eigenvalue weighted by Gasteiger charge is 2.31. The minimum absolute atomic E-state index is 0.0720. The van der Waals surface area contributed by atoms with E-state index in [-0.39, 0.29) is 23.8 Å². The van der Waals surface area contributed by atoms with Gasteiger partial charge in [0.15, 0.2) is 0 Å². The van der Waals surface area contributed by atoms with Crippen molar-refractivity contribution in [2.24, 2.45) is 5.92 Å². The first-order valence-electron chi connectivity index (χ1n) is 7.19. The molecular formula is C16H22N2O3. The summed E-state index contributed by atoms with van der Waals surface area (Å²) in [5.74, 6) is 0.780. The largest absolute Gasteiger partial charge is 0.497 e. The van der Waals surface area contributed by atoms with Gasteiger partial charge in [-0.1, -0.05) is 19.1 Å². The number of rotatable bonds is 5. The molecular weight excluding hydrogens is 268 g/mol. The van der Waals surface area contributed by atoms with E-state index in [4.69, 9.17) is 4.74 Å². The number of amides is 2. The third kappa shape index (κ3) is 3.61. The molecule has 2 amide bonds. The summed E-state index contributed by atoms with van der Waals surface area (Å²) in [5, 5.41) is 3.17. The number of hydrogen-bond acceptors (Lipinski definition) is 4. The van der Waals surface area contributed by atoms with Gasteiger partial charge in [0.25, 0.3) is 0 Å². The van der Waals surface area contributed by atoms with Crippen LogP contribution < -0.4 is 10.1 Å². The van der Waals surface area contributed by atoms with Crippen LogP contribution in [0.15, 0.2) is 24.3 Å². The summed E-state index contributed by atoms with van der Waals surface area (Å²) in [6.07, 6.45) is 0.898. The monoisotopic (exact) mass is 290 g/mol. The van der Waals surface area contributed by atoms with Crippen LogP contribution in [0.4, 0.5) is 0 Å². The van der Waals surface area contributed by atoms with Crippen LogP contribution in [0.2, 0.25) is 0 Å². The Bertz CT molecular complexity index is 495. The number of carbonyl (C=O) groups excluding carboxylic acids is 2. The van der Waals surface area contributed by atoms with E-state index in [1.807, 2.05) is 38.2 Å². The Morgan fingerprint density at radius 2 is 1.81 bits per heavy atom. The topological polar surface area (TPSA) is 58.6 Å². The summed E-state index contributed by atoms with van der Waals surface area (Å²) in [4.78, 5) is 25.5. The molecule has 0 aromatic heterocycles. The number of likely N-dealkylation sites (tertiary alicyclic amines) is 1. The average molecular weight is 290 g/mol. The van der Waals surface area contributed by atoms with Crippen LogP contribution in [0, 0.1) is 5.92 Å². The molecule has 114 valence electrons. The molecule has 1 aromatic carbocycles. The van der Waals surface area contributed by atoms with Crippen molar-refractivity contribution in [2.75, 3.05) is 20.7 Å². The smallest absolute Gasteiger partial charge is 0.229 e. The van der Waals surface area contributed by atoms with Gasteiger partial charge in [-0.3, -0.25) is 14.5 Å². The molecule has 1 atom stereocenters. The van der Waals surface area contributed by atoms with Crippen LogP contribution in [0.3, 0.4) is 0 Å². The zero-order valence-electron chi connectivity index (χ0n) is 12.8. The van der Waals surface area contributed by atoms with E-state index < -0.39 is 0 Å². The summed E-state index contributed by atoms with van der Waals surface area (Å²) in [6.45, 7) is 2.30. The SMILES string of the molecule is CNC(CN1C(=O)CC(C)CC1=O)c1ccc(OC)cc1. The number of likely N-dealkylation sites (N-methyl/N-ethyl adjacent to an activating group) is 1. The molecule has 1 saturated heterocycles. The van der Waals surface area contributed by atoms with Crippen molar-refractivity contribution in [2.45, 2.75) is 25.8 Å². The third-order valence-electron chi connectivity index (χ3n) is 3.88. The molecule has 2 rings (SSSR count). The minimum Gasteiger partial charge on any atom is -0.497 e. The van der Waals surface area contributed by atoms with Gasteiger partial charge in [0.2, 0.25) is 11.8 Å². The second-order valence-electron chi connectivity index (χ2n) is 5.53. The lowest BCUT2D eigenvalue weighted by Crippen LogP contribution is -2.46. The highest BCUT2D eigenvalue weighted by molar-refractivity contribution is 5.97. The lowest BCUT2D eigenvalue weighted by atomic mass is 9.96. The molecule has 1 fully saturated rings. The van der Waals surface area contributed by atoms with Crippen LogP contribution in [-0.4, -0.2) is 37.4 Å². The standard InChI is InChI=1S/C16H22N2O3/c1-11-8-15(19)18(16(20)9-11)10-14(17-2)12-4-6-13(21-3)7-5-12/h4-7,11,14,17H,8-10H2,1-3H3. The highest BCUT2D eigenvalue weighted by atomic mass is 16.5. The van der Waals surface area contributed by atoms with Crippen LogP contribution in [0.5, 0.6) is 5.75 Å². The minimum atomic E-state index is -0.0764. The number of hydrogen-bond donors (Lipinski definition) is 1. The fraction of sp³-hybridized carbons (Fsp3) is 0.500. The van der Waals surface area contributed by atoms with Crippen LogP contribution in [0.1, 0.15) is 31.4 Å². The molecule has 1 aromatic rings. The first-order chi connectivity index (χ1) is 10.0. The molecule has 5 heteroatoms. The van der Waals surface area contributed by atoms with Gasteiger partial charge in [0.1, 0.15) is 5.75 Å². The fourth-order valence-electron chi connectivity index (χ4n) is 2.61.